The van der Waals surface area contributed by atoms with Crippen LogP contribution >= 0.6 is 0 Å². The molecule has 1 heterocycles. The first kappa shape index (κ1) is 20.5. The van der Waals surface area contributed by atoms with E-state index < -0.39 is 6.61 Å². The van der Waals surface area contributed by atoms with Crippen molar-refractivity contribution in [3.05, 3.63) is 18.2 Å². The lowest BCUT2D eigenvalue weighted by molar-refractivity contribution is -0.116. The fraction of sp³-hybridized carbons (Fsp3) is 0.500. The van der Waals surface area contributed by atoms with Gasteiger partial charge in [0.1, 0.15) is 17.1 Å². The van der Waals surface area contributed by atoms with E-state index in [4.69, 9.17) is 9.47 Å². The number of anilines is 1. The molecule has 0 radical (unpaired) electrons. The molecule has 0 spiro atoms. The van der Waals surface area contributed by atoms with Gasteiger partial charge in [-0.05, 0) is 32.9 Å². The number of halogens is 2. The third-order valence-electron chi connectivity index (χ3n) is 2.64. The minimum absolute atomic E-state index is 0.0143. The second-order valence-corrected chi connectivity index (χ2v) is 5.93. The van der Waals surface area contributed by atoms with Crippen LogP contribution in [0.15, 0.2) is 18.2 Å². The minimum Gasteiger partial charge on any atom is -0.491 e. The van der Waals surface area contributed by atoms with Gasteiger partial charge in [-0.25, -0.2) is 4.79 Å². The van der Waals surface area contributed by atoms with Crippen molar-refractivity contribution >= 4 is 17.7 Å². The summed E-state index contributed by atoms with van der Waals surface area (Å²) in [5.74, 6) is 0.222. The number of alkyl halides is 2. The van der Waals surface area contributed by atoms with E-state index in [1.165, 1.54) is 25.2 Å². The molecule has 1 aromatic carbocycles. The lowest BCUT2D eigenvalue weighted by Gasteiger charge is -2.18. The van der Waals surface area contributed by atoms with E-state index >= 15 is 0 Å². The zero-order valence-electron chi connectivity index (χ0n) is 14.5. The van der Waals surface area contributed by atoms with Gasteiger partial charge in [-0.2, -0.15) is 8.78 Å². The summed E-state index contributed by atoms with van der Waals surface area (Å²) >= 11 is 0. The molecule has 0 aromatic heterocycles. The number of nitrogens with one attached hydrogen (secondary N) is 2. The monoisotopic (exact) mass is 360 g/mol. The van der Waals surface area contributed by atoms with Gasteiger partial charge in [-0.1, -0.05) is 0 Å². The highest BCUT2D eigenvalue weighted by atomic mass is 19.3. The predicted molar refractivity (Wildman–Crippen MR) is 87.1 cm³/mol. The second kappa shape index (κ2) is 9.05. The molecule has 2 rings (SSSR count). The summed E-state index contributed by atoms with van der Waals surface area (Å²) in [6.07, 6.45) is -0.151. The summed E-state index contributed by atoms with van der Waals surface area (Å²) < 4.78 is 38.2. The van der Waals surface area contributed by atoms with Crippen molar-refractivity contribution in [1.82, 2.24) is 5.32 Å². The molecule has 0 fully saturated rings. The Morgan fingerprint density at radius 1 is 1.36 bits per heavy atom. The van der Waals surface area contributed by atoms with Crippen molar-refractivity contribution in [3.8, 4) is 11.5 Å². The number of hydrogen-bond acceptors (Lipinski definition) is 5. The fourth-order valence-corrected chi connectivity index (χ4v) is 1.70. The zero-order valence-corrected chi connectivity index (χ0v) is 14.5. The Bertz CT molecular complexity index is 603. The molecule has 140 valence electrons. The molecule has 0 atom stereocenters. The van der Waals surface area contributed by atoms with Crippen LogP contribution in [-0.2, 0) is 9.53 Å². The van der Waals surface area contributed by atoms with Crippen molar-refractivity contribution < 1.29 is 32.6 Å². The average Bonchev–Trinajstić information content (AvgIpc) is 2.65. The summed E-state index contributed by atoms with van der Waals surface area (Å²) in [6, 6.07) is 4.16. The van der Waals surface area contributed by atoms with E-state index in [1.807, 2.05) is 20.8 Å². The number of fused-ring (bicyclic) bond motifs is 1. The van der Waals surface area contributed by atoms with Crippen molar-refractivity contribution in [1.29, 1.82) is 0 Å². The van der Waals surface area contributed by atoms with Gasteiger partial charge in [-0.15, -0.1) is 0 Å². The zero-order chi connectivity index (χ0) is 19.0. The summed E-state index contributed by atoms with van der Waals surface area (Å²) in [6.45, 7) is 2.85. The largest absolute Gasteiger partial charge is 0.491 e. The number of hydrogen-bond donors (Lipinski definition) is 2. The SMILES string of the molecule is CNC(=O)OC(C)(C)C.O=C1CCOc2ccc(OC(F)F)cc2N1. The number of rotatable bonds is 2. The van der Waals surface area contributed by atoms with E-state index in [0.717, 1.165) is 0 Å². The second-order valence-electron chi connectivity index (χ2n) is 5.93. The standard InChI is InChI=1S/C10H9F2NO3.C6H13NO2/c11-10(12)16-6-1-2-8-7(5-6)13-9(14)3-4-15-8;1-6(2,3)9-5(8)7-4/h1-2,5,10H,3-4H2,(H,13,14);1-4H3,(H,7,8). The Hall–Kier alpha value is -2.58. The van der Waals surface area contributed by atoms with Gasteiger partial charge < -0.3 is 24.8 Å². The topological polar surface area (TPSA) is 85.9 Å². The van der Waals surface area contributed by atoms with E-state index in [0.29, 0.717) is 11.4 Å². The molecule has 1 aliphatic heterocycles. The maximum absolute atomic E-state index is 12.0. The van der Waals surface area contributed by atoms with E-state index in [-0.39, 0.29) is 36.4 Å². The molecule has 25 heavy (non-hydrogen) atoms. The van der Waals surface area contributed by atoms with E-state index in [1.54, 1.807) is 0 Å². The molecule has 7 nitrogen and oxygen atoms in total. The van der Waals surface area contributed by atoms with Gasteiger partial charge in [0, 0.05) is 13.1 Å². The average molecular weight is 360 g/mol. The van der Waals surface area contributed by atoms with Crippen LogP contribution in [0, 0.1) is 0 Å². The van der Waals surface area contributed by atoms with Gasteiger partial charge in [-0.3, -0.25) is 4.79 Å². The molecular weight excluding hydrogens is 338 g/mol. The van der Waals surface area contributed by atoms with Crippen LogP contribution < -0.4 is 20.1 Å². The predicted octanol–water partition coefficient (Wildman–Crippen LogP) is 3.15. The number of carbonyl (C=O) groups is 2. The normalized spacial score (nSPS) is 13.3. The summed E-state index contributed by atoms with van der Waals surface area (Å²) in [4.78, 5) is 21.7. The lowest BCUT2D eigenvalue weighted by atomic mass is 10.2. The van der Waals surface area contributed by atoms with Crippen LogP contribution in [0.1, 0.15) is 27.2 Å². The van der Waals surface area contributed by atoms with Crippen molar-refractivity contribution in [2.24, 2.45) is 0 Å². The van der Waals surface area contributed by atoms with Crippen molar-refractivity contribution in [2.75, 3.05) is 19.0 Å². The Balaban J connectivity index is 0.000000299. The maximum Gasteiger partial charge on any atom is 0.407 e. The third kappa shape index (κ3) is 8.18. The van der Waals surface area contributed by atoms with Gasteiger partial charge in [0.15, 0.2) is 0 Å². The van der Waals surface area contributed by atoms with E-state index in [2.05, 4.69) is 15.4 Å². The molecule has 0 aliphatic carbocycles. The summed E-state index contributed by atoms with van der Waals surface area (Å²) in [5, 5.41) is 4.91. The molecule has 2 amide bonds. The molecule has 0 bridgehead atoms. The first-order valence-corrected chi connectivity index (χ1v) is 7.53. The van der Waals surface area contributed by atoms with Crippen LogP contribution in [0.2, 0.25) is 0 Å². The molecule has 0 saturated heterocycles. The maximum atomic E-state index is 12.0. The van der Waals surface area contributed by atoms with Crippen molar-refractivity contribution in [2.45, 2.75) is 39.4 Å². The number of carbonyl (C=O) groups excluding carboxylic acids is 2. The molecule has 1 aliphatic rings. The highest BCUT2D eigenvalue weighted by Gasteiger charge is 2.15. The fourth-order valence-electron chi connectivity index (χ4n) is 1.70. The number of amides is 2. The van der Waals surface area contributed by atoms with Crippen molar-refractivity contribution in [3.63, 3.8) is 0 Å². The Kier molecular flexibility index (Phi) is 7.41. The lowest BCUT2D eigenvalue weighted by Crippen LogP contribution is -2.30. The Labute approximate surface area is 144 Å². The summed E-state index contributed by atoms with van der Waals surface area (Å²) in [5.41, 5.74) is -0.0410. The van der Waals surface area contributed by atoms with Gasteiger partial charge in [0.25, 0.3) is 0 Å². The number of alkyl carbamates (subject to hydrolysis) is 1. The van der Waals surface area contributed by atoms with Crippen LogP contribution in [0.5, 0.6) is 11.5 Å². The highest BCUT2D eigenvalue weighted by molar-refractivity contribution is 5.93. The van der Waals surface area contributed by atoms with Gasteiger partial charge >= 0.3 is 12.7 Å². The van der Waals surface area contributed by atoms with Crippen LogP contribution in [-0.4, -0.2) is 37.9 Å². The quantitative estimate of drug-likeness (QED) is 0.846. The minimum atomic E-state index is -2.89. The number of benzene rings is 1. The van der Waals surface area contributed by atoms with Gasteiger partial charge in [0.05, 0.1) is 18.7 Å². The molecule has 0 unspecified atom stereocenters. The molecule has 2 N–H and O–H groups in total. The van der Waals surface area contributed by atoms with E-state index in [9.17, 15) is 18.4 Å². The molecule has 9 heteroatoms. The molecule has 1 aromatic rings. The van der Waals surface area contributed by atoms with Crippen LogP contribution in [0.25, 0.3) is 0 Å². The van der Waals surface area contributed by atoms with Gasteiger partial charge in [0.2, 0.25) is 5.91 Å². The molecule has 0 saturated carbocycles. The Morgan fingerprint density at radius 2 is 2.04 bits per heavy atom. The highest BCUT2D eigenvalue weighted by Crippen LogP contribution is 2.31. The first-order chi connectivity index (χ1) is 11.6. The summed E-state index contributed by atoms with van der Waals surface area (Å²) in [7, 11) is 1.54. The van der Waals surface area contributed by atoms with Crippen LogP contribution in [0.3, 0.4) is 0 Å². The smallest absolute Gasteiger partial charge is 0.407 e. The number of ether oxygens (including phenoxy) is 3. The molecular formula is C16H22F2N2O5. The third-order valence-corrected chi connectivity index (χ3v) is 2.64. The Morgan fingerprint density at radius 3 is 2.56 bits per heavy atom. The van der Waals surface area contributed by atoms with Crippen LogP contribution in [0.4, 0.5) is 19.3 Å². The first-order valence-electron chi connectivity index (χ1n) is 7.53.